The van der Waals surface area contributed by atoms with Gasteiger partial charge in [0.2, 0.25) is 0 Å². The predicted molar refractivity (Wildman–Crippen MR) is 121 cm³/mol. The van der Waals surface area contributed by atoms with E-state index in [1.54, 1.807) is 4.68 Å². The molecule has 1 aromatic heterocycles. The standard InChI is InChI=1S/C23H31Cl2N3O/c1-4-6-16-11-12-18(19(24)13-16)22-20(25)21(27-28(22)5-2)23(29)26-14-17-9-7-15(3)8-10-17/h11-13,15,17H,4-10,14H2,1-3H3,(H,26,29). The molecule has 0 saturated heterocycles. The van der Waals surface area contributed by atoms with Gasteiger partial charge in [0.05, 0.1) is 15.7 Å². The number of amides is 1. The summed E-state index contributed by atoms with van der Waals surface area (Å²) in [5.41, 5.74) is 2.99. The maximum atomic E-state index is 12.8. The van der Waals surface area contributed by atoms with Gasteiger partial charge in [0.25, 0.3) is 5.91 Å². The van der Waals surface area contributed by atoms with Crippen molar-refractivity contribution in [1.29, 1.82) is 0 Å². The third-order valence-electron chi connectivity index (χ3n) is 5.92. The highest BCUT2D eigenvalue weighted by Gasteiger charge is 2.25. The molecule has 1 aliphatic carbocycles. The second-order valence-corrected chi connectivity index (χ2v) is 9.01. The number of hydrogen-bond donors (Lipinski definition) is 1. The minimum atomic E-state index is -0.208. The largest absolute Gasteiger partial charge is 0.350 e. The lowest BCUT2D eigenvalue weighted by Crippen LogP contribution is -2.31. The summed E-state index contributed by atoms with van der Waals surface area (Å²) in [6.07, 6.45) is 6.86. The van der Waals surface area contributed by atoms with Crippen molar-refractivity contribution in [1.82, 2.24) is 15.1 Å². The van der Waals surface area contributed by atoms with E-state index in [1.165, 1.54) is 31.2 Å². The van der Waals surface area contributed by atoms with Crippen LogP contribution in [0.5, 0.6) is 0 Å². The van der Waals surface area contributed by atoms with Gasteiger partial charge in [-0.15, -0.1) is 0 Å². The van der Waals surface area contributed by atoms with Crippen molar-refractivity contribution in [3.8, 4) is 11.3 Å². The topological polar surface area (TPSA) is 46.9 Å². The predicted octanol–water partition coefficient (Wildman–Crippen LogP) is 6.39. The summed E-state index contributed by atoms with van der Waals surface area (Å²) in [7, 11) is 0. The van der Waals surface area contributed by atoms with Crippen LogP contribution in [0.25, 0.3) is 11.3 Å². The molecule has 1 heterocycles. The lowest BCUT2D eigenvalue weighted by Gasteiger charge is -2.26. The highest BCUT2D eigenvalue weighted by atomic mass is 35.5. The molecular formula is C23H31Cl2N3O. The number of rotatable bonds is 7. The van der Waals surface area contributed by atoms with Crippen LogP contribution < -0.4 is 5.32 Å². The van der Waals surface area contributed by atoms with Gasteiger partial charge in [0.15, 0.2) is 5.69 Å². The first-order valence-electron chi connectivity index (χ1n) is 10.8. The lowest BCUT2D eigenvalue weighted by atomic mass is 9.83. The molecule has 0 atom stereocenters. The van der Waals surface area contributed by atoms with Gasteiger partial charge in [-0.3, -0.25) is 9.48 Å². The summed E-state index contributed by atoms with van der Waals surface area (Å²) in [5, 5.41) is 8.55. The molecule has 1 aliphatic rings. The van der Waals surface area contributed by atoms with Crippen LogP contribution in [-0.4, -0.2) is 22.2 Å². The van der Waals surface area contributed by atoms with Gasteiger partial charge < -0.3 is 5.32 Å². The molecule has 2 aromatic rings. The summed E-state index contributed by atoms with van der Waals surface area (Å²) >= 11 is 13.2. The highest BCUT2D eigenvalue weighted by molar-refractivity contribution is 6.38. The van der Waals surface area contributed by atoms with Crippen LogP contribution in [0.2, 0.25) is 10.0 Å². The van der Waals surface area contributed by atoms with Crippen LogP contribution in [0.3, 0.4) is 0 Å². The average Bonchev–Trinajstić information content (AvgIpc) is 3.04. The van der Waals surface area contributed by atoms with Crippen LogP contribution in [0, 0.1) is 11.8 Å². The fourth-order valence-electron chi connectivity index (χ4n) is 4.12. The summed E-state index contributed by atoms with van der Waals surface area (Å²) < 4.78 is 1.76. The fourth-order valence-corrected chi connectivity index (χ4v) is 4.74. The molecule has 1 saturated carbocycles. The van der Waals surface area contributed by atoms with Crippen molar-refractivity contribution in [3.63, 3.8) is 0 Å². The van der Waals surface area contributed by atoms with Crippen LogP contribution in [-0.2, 0) is 13.0 Å². The van der Waals surface area contributed by atoms with Crippen molar-refractivity contribution in [2.75, 3.05) is 6.54 Å². The van der Waals surface area contributed by atoms with E-state index in [2.05, 4.69) is 30.3 Å². The van der Waals surface area contributed by atoms with Crippen LogP contribution in [0.4, 0.5) is 0 Å². The van der Waals surface area contributed by atoms with E-state index >= 15 is 0 Å². The van der Waals surface area contributed by atoms with E-state index in [4.69, 9.17) is 23.2 Å². The molecule has 6 heteroatoms. The van der Waals surface area contributed by atoms with Crippen molar-refractivity contribution >= 4 is 29.1 Å². The lowest BCUT2D eigenvalue weighted by molar-refractivity contribution is 0.0936. The maximum absolute atomic E-state index is 12.8. The van der Waals surface area contributed by atoms with Gasteiger partial charge >= 0.3 is 0 Å². The van der Waals surface area contributed by atoms with Crippen LogP contribution in [0.15, 0.2) is 18.2 Å². The molecule has 0 radical (unpaired) electrons. The van der Waals surface area contributed by atoms with Gasteiger partial charge in [-0.1, -0.05) is 68.4 Å². The van der Waals surface area contributed by atoms with E-state index in [0.717, 1.165) is 24.3 Å². The molecule has 4 nitrogen and oxygen atoms in total. The highest BCUT2D eigenvalue weighted by Crippen LogP contribution is 2.36. The Balaban J connectivity index is 1.80. The van der Waals surface area contributed by atoms with E-state index in [1.807, 2.05) is 19.1 Å². The van der Waals surface area contributed by atoms with E-state index in [0.29, 0.717) is 34.7 Å². The van der Waals surface area contributed by atoms with E-state index < -0.39 is 0 Å². The maximum Gasteiger partial charge on any atom is 0.273 e. The second-order valence-electron chi connectivity index (χ2n) is 8.23. The van der Waals surface area contributed by atoms with Crippen molar-refractivity contribution in [3.05, 3.63) is 39.5 Å². The van der Waals surface area contributed by atoms with Gasteiger partial charge in [0, 0.05) is 18.7 Å². The molecule has 3 rings (SSSR count). The van der Waals surface area contributed by atoms with Gasteiger partial charge in [-0.25, -0.2) is 0 Å². The Morgan fingerprint density at radius 1 is 1.21 bits per heavy atom. The zero-order chi connectivity index (χ0) is 21.0. The number of hydrogen-bond acceptors (Lipinski definition) is 2. The molecule has 0 aliphatic heterocycles. The third-order valence-corrected chi connectivity index (χ3v) is 6.59. The van der Waals surface area contributed by atoms with Crippen molar-refractivity contribution in [2.45, 2.75) is 65.8 Å². The Morgan fingerprint density at radius 3 is 2.55 bits per heavy atom. The quantitative estimate of drug-likeness (QED) is 0.547. The van der Waals surface area contributed by atoms with Crippen molar-refractivity contribution in [2.24, 2.45) is 11.8 Å². The number of halogens is 2. The first-order valence-corrected chi connectivity index (χ1v) is 11.5. The summed E-state index contributed by atoms with van der Waals surface area (Å²) in [5.74, 6) is 1.13. The van der Waals surface area contributed by atoms with Gasteiger partial charge in [-0.05, 0) is 49.7 Å². The molecular weight excluding hydrogens is 405 g/mol. The Labute approximate surface area is 184 Å². The molecule has 0 bridgehead atoms. The molecule has 1 N–H and O–H groups in total. The van der Waals surface area contributed by atoms with Crippen molar-refractivity contribution < 1.29 is 4.79 Å². The Bertz CT molecular complexity index is 854. The van der Waals surface area contributed by atoms with E-state index in [-0.39, 0.29) is 11.6 Å². The number of aromatic nitrogens is 2. The molecule has 1 aromatic carbocycles. The normalized spacial score (nSPS) is 19.3. The SMILES string of the molecule is CCCc1ccc(-c2c(Cl)c(C(=O)NCC3CCC(C)CC3)nn2CC)c(Cl)c1. The number of aryl methyl sites for hydroxylation is 2. The molecule has 0 spiro atoms. The fraction of sp³-hybridized carbons (Fsp3) is 0.565. The summed E-state index contributed by atoms with van der Waals surface area (Å²) in [4.78, 5) is 12.8. The first-order chi connectivity index (χ1) is 13.9. The second kappa shape index (κ2) is 9.99. The van der Waals surface area contributed by atoms with Crippen LogP contribution in [0.1, 0.15) is 68.9 Å². The molecule has 0 unspecified atom stereocenters. The molecule has 29 heavy (non-hydrogen) atoms. The van der Waals surface area contributed by atoms with Gasteiger partial charge in [-0.2, -0.15) is 5.10 Å². The number of nitrogens with zero attached hydrogens (tertiary/aromatic N) is 2. The Hall–Kier alpha value is -1.52. The Kier molecular flexibility index (Phi) is 7.64. The van der Waals surface area contributed by atoms with Crippen LogP contribution >= 0.6 is 23.2 Å². The number of carbonyl (C=O) groups excluding carboxylic acids is 1. The van der Waals surface area contributed by atoms with E-state index in [9.17, 15) is 4.79 Å². The summed E-state index contributed by atoms with van der Waals surface area (Å²) in [6.45, 7) is 7.71. The smallest absolute Gasteiger partial charge is 0.273 e. The minimum absolute atomic E-state index is 0.208. The molecule has 158 valence electrons. The molecule has 1 fully saturated rings. The minimum Gasteiger partial charge on any atom is -0.350 e. The molecule has 1 amide bonds. The number of carbonyl (C=O) groups is 1. The first kappa shape index (κ1) is 22.2. The average molecular weight is 436 g/mol. The Morgan fingerprint density at radius 2 is 1.93 bits per heavy atom. The zero-order valence-corrected chi connectivity index (χ0v) is 19.1. The van der Waals surface area contributed by atoms with Gasteiger partial charge in [0.1, 0.15) is 0 Å². The monoisotopic (exact) mass is 435 g/mol. The zero-order valence-electron chi connectivity index (χ0n) is 17.6. The number of nitrogens with one attached hydrogen (secondary N) is 1. The third kappa shape index (κ3) is 5.16. The number of benzene rings is 1. The summed E-state index contributed by atoms with van der Waals surface area (Å²) in [6, 6.07) is 6.03.